The number of carbonyl (C=O) groups excluding carboxylic acids is 1. The van der Waals surface area contributed by atoms with Crippen LogP contribution in [0.5, 0.6) is 0 Å². The minimum absolute atomic E-state index is 0.0412. The molecule has 1 amide bonds. The molecule has 0 spiro atoms. The fourth-order valence-corrected chi connectivity index (χ4v) is 4.29. The van der Waals surface area contributed by atoms with Gasteiger partial charge < -0.3 is 16.0 Å². The highest BCUT2D eigenvalue weighted by atomic mass is 32.2. The number of hydrogen-bond acceptors (Lipinski definition) is 4. The van der Waals surface area contributed by atoms with Gasteiger partial charge in [0, 0.05) is 24.7 Å². The van der Waals surface area contributed by atoms with E-state index in [-0.39, 0.29) is 29.9 Å². The van der Waals surface area contributed by atoms with Crippen LogP contribution < -0.4 is 16.0 Å². The second-order valence-electron chi connectivity index (χ2n) is 5.67. The summed E-state index contributed by atoms with van der Waals surface area (Å²) in [5.41, 5.74) is 2.02. The standard InChI is InChI=1S/C15H21N3O3S2/c1-11-3-2-4-12(9-11)18-15(22)16-7-5-14(19)17-13-6-8-23(20,21)10-13/h2-4,9,13H,5-8,10H2,1H3,(H,17,19)(H2,16,18,22). The molecule has 1 saturated heterocycles. The van der Waals surface area contributed by atoms with Gasteiger partial charge in [0.1, 0.15) is 0 Å². The zero-order valence-electron chi connectivity index (χ0n) is 13.0. The van der Waals surface area contributed by atoms with Crippen LogP contribution in [-0.2, 0) is 14.6 Å². The Balaban J connectivity index is 1.66. The van der Waals surface area contributed by atoms with Crippen molar-refractivity contribution in [1.29, 1.82) is 0 Å². The third-order valence-electron chi connectivity index (χ3n) is 3.51. The molecule has 1 aliphatic rings. The highest BCUT2D eigenvalue weighted by Crippen LogP contribution is 2.11. The molecule has 1 heterocycles. The Labute approximate surface area is 142 Å². The SMILES string of the molecule is Cc1cccc(NC(=S)NCCC(=O)NC2CCS(=O)(=O)C2)c1. The number of carbonyl (C=O) groups is 1. The summed E-state index contributed by atoms with van der Waals surface area (Å²) in [6.45, 7) is 2.39. The zero-order valence-corrected chi connectivity index (χ0v) is 14.6. The molecule has 1 fully saturated rings. The van der Waals surface area contributed by atoms with E-state index >= 15 is 0 Å². The molecule has 1 aliphatic heterocycles. The van der Waals surface area contributed by atoms with Crippen molar-refractivity contribution >= 4 is 38.8 Å². The molecule has 0 saturated carbocycles. The predicted octanol–water partition coefficient (Wildman–Crippen LogP) is 0.975. The van der Waals surface area contributed by atoms with Crippen LogP contribution in [0.15, 0.2) is 24.3 Å². The first-order valence-corrected chi connectivity index (χ1v) is 9.68. The summed E-state index contributed by atoms with van der Waals surface area (Å²) in [7, 11) is -2.97. The van der Waals surface area contributed by atoms with Gasteiger partial charge in [0.05, 0.1) is 11.5 Å². The van der Waals surface area contributed by atoms with E-state index in [0.29, 0.717) is 18.1 Å². The third-order valence-corrected chi connectivity index (χ3v) is 5.53. The summed E-state index contributed by atoms with van der Waals surface area (Å²) in [5.74, 6) is 0.0261. The third kappa shape index (κ3) is 6.15. The molecule has 1 aromatic carbocycles. The predicted molar refractivity (Wildman–Crippen MR) is 95.2 cm³/mol. The first kappa shape index (κ1) is 17.7. The molecule has 1 unspecified atom stereocenters. The van der Waals surface area contributed by atoms with Gasteiger partial charge in [-0.2, -0.15) is 0 Å². The Morgan fingerprint density at radius 1 is 1.39 bits per heavy atom. The lowest BCUT2D eigenvalue weighted by atomic mass is 10.2. The second-order valence-corrected chi connectivity index (χ2v) is 8.30. The normalized spacial score (nSPS) is 19.1. The minimum atomic E-state index is -2.97. The van der Waals surface area contributed by atoms with Crippen LogP contribution in [0.2, 0.25) is 0 Å². The molecular weight excluding hydrogens is 334 g/mol. The Morgan fingerprint density at radius 2 is 2.17 bits per heavy atom. The van der Waals surface area contributed by atoms with Gasteiger partial charge >= 0.3 is 0 Å². The Hall–Kier alpha value is -1.67. The Morgan fingerprint density at radius 3 is 2.83 bits per heavy atom. The number of nitrogens with one attached hydrogen (secondary N) is 3. The van der Waals surface area contributed by atoms with E-state index < -0.39 is 9.84 Å². The maximum absolute atomic E-state index is 11.8. The average molecular weight is 355 g/mol. The second kappa shape index (κ2) is 7.74. The molecule has 6 nitrogen and oxygen atoms in total. The molecule has 0 bridgehead atoms. The van der Waals surface area contributed by atoms with Crippen molar-refractivity contribution in [3.05, 3.63) is 29.8 Å². The molecule has 2 rings (SSSR count). The molecule has 1 aromatic rings. The van der Waals surface area contributed by atoms with Crippen molar-refractivity contribution in [2.45, 2.75) is 25.8 Å². The maximum Gasteiger partial charge on any atom is 0.222 e. The van der Waals surface area contributed by atoms with Gasteiger partial charge in [-0.3, -0.25) is 4.79 Å². The van der Waals surface area contributed by atoms with Crippen molar-refractivity contribution in [1.82, 2.24) is 10.6 Å². The van der Waals surface area contributed by atoms with Crippen molar-refractivity contribution in [2.24, 2.45) is 0 Å². The average Bonchev–Trinajstić information content (AvgIpc) is 2.77. The van der Waals surface area contributed by atoms with Crippen molar-refractivity contribution < 1.29 is 13.2 Å². The summed E-state index contributed by atoms with van der Waals surface area (Å²) in [6, 6.07) is 7.55. The topological polar surface area (TPSA) is 87.3 Å². The fraction of sp³-hybridized carbons (Fsp3) is 0.467. The first-order valence-electron chi connectivity index (χ1n) is 7.45. The summed E-state index contributed by atoms with van der Waals surface area (Å²) in [4.78, 5) is 11.8. The fourth-order valence-electron chi connectivity index (χ4n) is 2.40. The van der Waals surface area contributed by atoms with Crippen LogP contribution >= 0.6 is 12.2 Å². The highest BCUT2D eigenvalue weighted by molar-refractivity contribution is 7.91. The lowest BCUT2D eigenvalue weighted by Crippen LogP contribution is -2.38. The van der Waals surface area contributed by atoms with Gasteiger partial charge in [-0.1, -0.05) is 12.1 Å². The highest BCUT2D eigenvalue weighted by Gasteiger charge is 2.28. The van der Waals surface area contributed by atoms with Gasteiger partial charge in [0.15, 0.2) is 14.9 Å². The van der Waals surface area contributed by atoms with E-state index in [1.807, 2.05) is 31.2 Å². The van der Waals surface area contributed by atoms with E-state index in [1.54, 1.807) is 0 Å². The number of benzene rings is 1. The number of thiocarbonyl (C=S) groups is 1. The number of sulfone groups is 1. The smallest absolute Gasteiger partial charge is 0.222 e. The first-order chi connectivity index (χ1) is 10.8. The van der Waals surface area contributed by atoms with Gasteiger partial charge in [-0.15, -0.1) is 0 Å². The van der Waals surface area contributed by atoms with Gasteiger partial charge in [0.2, 0.25) is 5.91 Å². The quantitative estimate of drug-likeness (QED) is 0.683. The van der Waals surface area contributed by atoms with Crippen molar-refractivity contribution in [3.63, 3.8) is 0 Å². The monoisotopic (exact) mass is 355 g/mol. The van der Waals surface area contributed by atoms with Crippen LogP contribution in [0.25, 0.3) is 0 Å². The minimum Gasteiger partial charge on any atom is -0.362 e. The molecule has 126 valence electrons. The van der Waals surface area contributed by atoms with E-state index in [4.69, 9.17) is 12.2 Å². The van der Waals surface area contributed by atoms with Crippen molar-refractivity contribution in [2.75, 3.05) is 23.4 Å². The molecular formula is C15H21N3O3S2. The molecule has 1 atom stereocenters. The van der Waals surface area contributed by atoms with Gasteiger partial charge in [-0.05, 0) is 43.3 Å². The van der Waals surface area contributed by atoms with Crippen LogP contribution in [0.4, 0.5) is 5.69 Å². The molecule has 0 radical (unpaired) electrons. The van der Waals surface area contributed by atoms with Crippen molar-refractivity contribution in [3.8, 4) is 0 Å². The van der Waals surface area contributed by atoms with Crippen LogP contribution in [0, 0.1) is 6.92 Å². The Bertz CT molecular complexity index is 689. The van der Waals surface area contributed by atoms with E-state index in [9.17, 15) is 13.2 Å². The number of rotatable bonds is 5. The van der Waals surface area contributed by atoms with E-state index in [2.05, 4.69) is 16.0 Å². The lowest BCUT2D eigenvalue weighted by molar-refractivity contribution is -0.121. The number of aryl methyl sites for hydroxylation is 1. The summed E-state index contributed by atoms with van der Waals surface area (Å²) < 4.78 is 22.7. The summed E-state index contributed by atoms with van der Waals surface area (Å²) in [6.07, 6.45) is 0.737. The van der Waals surface area contributed by atoms with E-state index in [1.165, 1.54) is 0 Å². The molecule has 3 N–H and O–H groups in total. The van der Waals surface area contributed by atoms with Gasteiger partial charge in [0.25, 0.3) is 0 Å². The number of anilines is 1. The maximum atomic E-state index is 11.8. The molecule has 0 aromatic heterocycles. The van der Waals surface area contributed by atoms with Crippen LogP contribution in [-0.4, -0.2) is 43.5 Å². The molecule has 23 heavy (non-hydrogen) atoms. The lowest BCUT2D eigenvalue weighted by Gasteiger charge is -2.13. The zero-order chi connectivity index (χ0) is 16.9. The number of amides is 1. The summed E-state index contributed by atoms with van der Waals surface area (Å²) in [5, 5.41) is 9.21. The molecule has 8 heteroatoms. The summed E-state index contributed by atoms with van der Waals surface area (Å²) >= 11 is 5.17. The van der Waals surface area contributed by atoms with Crippen LogP contribution in [0.1, 0.15) is 18.4 Å². The molecule has 0 aliphatic carbocycles. The largest absolute Gasteiger partial charge is 0.362 e. The van der Waals surface area contributed by atoms with E-state index in [0.717, 1.165) is 11.3 Å². The Kier molecular flexibility index (Phi) is 5.95. The number of hydrogen-bond donors (Lipinski definition) is 3. The van der Waals surface area contributed by atoms with Gasteiger partial charge in [-0.25, -0.2) is 8.42 Å². The van der Waals surface area contributed by atoms with Crippen LogP contribution in [0.3, 0.4) is 0 Å².